The van der Waals surface area contributed by atoms with Crippen LogP contribution in [0.2, 0.25) is 0 Å². The highest BCUT2D eigenvalue weighted by molar-refractivity contribution is 9.10. The molecule has 3 aromatic rings. The van der Waals surface area contributed by atoms with Crippen molar-refractivity contribution in [2.75, 3.05) is 5.73 Å². The molecule has 0 amide bonds. The van der Waals surface area contributed by atoms with Crippen molar-refractivity contribution in [1.29, 1.82) is 0 Å². The van der Waals surface area contributed by atoms with Crippen LogP contribution in [0.5, 0.6) is 0 Å². The lowest BCUT2D eigenvalue weighted by Gasteiger charge is -1.98. The molecule has 1 heterocycles. The third-order valence-corrected chi connectivity index (χ3v) is 3.44. The van der Waals surface area contributed by atoms with Crippen LogP contribution >= 0.6 is 15.9 Å². The summed E-state index contributed by atoms with van der Waals surface area (Å²) in [4.78, 5) is 4.24. The van der Waals surface area contributed by atoms with E-state index >= 15 is 0 Å². The third kappa shape index (κ3) is 2.30. The maximum atomic E-state index is 13.5. The first-order valence-corrected chi connectivity index (χ1v) is 6.58. The van der Waals surface area contributed by atoms with Gasteiger partial charge in [0.05, 0.1) is 4.47 Å². The first-order valence-electron chi connectivity index (χ1n) is 5.79. The van der Waals surface area contributed by atoms with Crippen molar-refractivity contribution >= 4 is 21.6 Å². The SMILES string of the molecule is Nc1ccccc1-c1noc(-c2ccc(Br)c(F)c2)n1. The van der Waals surface area contributed by atoms with Crippen LogP contribution in [0, 0.1) is 5.82 Å². The number of para-hydroxylation sites is 1. The molecular formula is C14H9BrFN3O. The predicted octanol–water partition coefficient (Wildman–Crippen LogP) is 3.89. The van der Waals surface area contributed by atoms with Crippen molar-refractivity contribution in [3.8, 4) is 22.8 Å². The fourth-order valence-corrected chi connectivity index (χ4v) is 2.03. The summed E-state index contributed by atoms with van der Waals surface area (Å²) >= 11 is 3.10. The van der Waals surface area contributed by atoms with Gasteiger partial charge in [-0.05, 0) is 46.3 Å². The summed E-state index contributed by atoms with van der Waals surface area (Å²) in [6.45, 7) is 0. The maximum absolute atomic E-state index is 13.5. The number of aromatic nitrogens is 2. The first kappa shape index (κ1) is 12.8. The van der Waals surface area contributed by atoms with Crippen molar-refractivity contribution < 1.29 is 8.91 Å². The maximum Gasteiger partial charge on any atom is 0.258 e. The molecule has 0 atom stereocenters. The van der Waals surface area contributed by atoms with Crippen LogP contribution in [0.4, 0.5) is 10.1 Å². The highest BCUT2D eigenvalue weighted by Crippen LogP contribution is 2.27. The molecule has 0 unspecified atom stereocenters. The Bertz CT molecular complexity index is 773. The lowest BCUT2D eigenvalue weighted by atomic mass is 10.1. The number of anilines is 1. The van der Waals surface area contributed by atoms with E-state index in [4.69, 9.17) is 10.3 Å². The lowest BCUT2D eigenvalue weighted by molar-refractivity contribution is 0.432. The van der Waals surface area contributed by atoms with E-state index in [-0.39, 0.29) is 11.7 Å². The molecule has 0 aliphatic carbocycles. The van der Waals surface area contributed by atoms with Gasteiger partial charge in [-0.25, -0.2) is 4.39 Å². The average Bonchev–Trinajstić information content (AvgIpc) is 2.92. The van der Waals surface area contributed by atoms with Gasteiger partial charge in [-0.1, -0.05) is 17.3 Å². The zero-order valence-corrected chi connectivity index (χ0v) is 11.8. The lowest BCUT2D eigenvalue weighted by Crippen LogP contribution is -1.90. The van der Waals surface area contributed by atoms with Gasteiger partial charge in [-0.3, -0.25) is 0 Å². The van der Waals surface area contributed by atoms with Gasteiger partial charge in [-0.2, -0.15) is 4.98 Å². The van der Waals surface area contributed by atoms with Gasteiger partial charge in [0.2, 0.25) is 5.82 Å². The van der Waals surface area contributed by atoms with E-state index in [0.717, 1.165) is 0 Å². The minimum absolute atomic E-state index is 0.245. The van der Waals surface area contributed by atoms with Gasteiger partial charge in [0.1, 0.15) is 5.82 Å². The van der Waals surface area contributed by atoms with Gasteiger partial charge < -0.3 is 10.3 Å². The summed E-state index contributed by atoms with van der Waals surface area (Å²) in [7, 11) is 0. The van der Waals surface area contributed by atoms with E-state index in [2.05, 4.69) is 26.1 Å². The summed E-state index contributed by atoms with van der Waals surface area (Å²) < 4.78 is 19.0. The summed E-state index contributed by atoms with van der Waals surface area (Å²) in [5.74, 6) is 0.234. The van der Waals surface area contributed by atoms with Gasteiger partial charge in [-0.15, -0.1) is 0 Å². The minimum Gasteiger partial charge on any atom is -0.398 e. The topological polar surface area (TPSA) is 64.9 Å². The van der Waals surface area contributed by atoms with Crippen LogP contribution < -0.4 is 5.73 Å². The van der Waals surface area contributed by atoms with Gasteiger partial charge >= 0.3 is 0 Å². The largest absolute Gasteiger partial charge is 0.398 e. The van der Waals surface area contributed by atoms with Crippen molar-refractivity contribution in [1.82, 2.24) is 10.1 Å². The average molecular weight is 334 g/mol. The Morgan fingerprint density at radius 3 is 2.70 bits per heavy atom. The van der Waals surface area contributed by atoms with E-state index in [0.29, 0.717) is 27.1 Å². The molecule has 0 saturated heterocycles. The van der Waals surface area contributed by atoms with Crippen LogP contribution in [0.15, 0.2) is 51.5 Å². The van der Waals surface area contributed by atoms with Crippen LogP contribution in [-0.4, -0.2) is 10.1 Å². The van der Waals surface area contributed by atoms with Gasteiger partial charge in [0.25, 0.3) is 5.89 Å². The zero-order valence-electron chi connectivity index (χ0n) is 10.2. The quantitative estimate of drug-likeness (QED) is 0.722. The van der Waals surface area contributed by atoms with Crippen LogP contribution in [0.1, 0.15) is 0 Å². The van der Waals surface area contributed by atoms with Crippen LogP contribution in [-0.2, 0) is 0 Å². The Kier molecular flexibility index (Phi) is 3.23. The van der Waals surface area contributed by atoms with E-state index in [1.165, 1.54) is 6.07 Å². The monoisotopic (exact) mass is 333 g/mol. The first-order chi connectivity index (χ1) is 9.65. The number of benzene rings is 2. The molecule has 0 radical (unpaired) electrons. The Hall–Kier alpha value is -2.21. The molecule has 3 rings (SSSR count). The number of nitrogen functional groups attached to an aromatic ring is 1. The van der Waals surface area contributed by atoms with Crippen molar-refractivity contribution in [2.24, 2.45) is 0 Å². The van der Waals surface area contributed by atoms with Crippen LogP contribution in [0.3, 0.4) is 0 Å². The summed E-state index contributed by atoms with van der Waals surface area (Å²) in [6.07, 6.45) is 0. The fraction of sp³-hybridized carbons (Fsp3) is 0. The Balaban J connectivity index is 2.02. The molecule has 0 bridgehead atoms. The Morgan fingerprint density at radius 2 is 1.95 bits per heavy atom. The second kappa shape index (κ2) is 5.05. The fourth-order valence-electron chi connectivity index (χ4n) is 1.78. The molecule has 1 aromatic heterocycles. The Morgan fingerprint density at radius 1 is 1.15 bits per heavy atom. The predicted molar refractivity (Wildman–Crippen MR) is 77.2 cm³/mol. The number of rotatable bonds is 2. The second-order valence-corrected chi connectivity index (χ2v) is 4.99. The summed E-state index contributed by atoms with van der Waals surface area (Å²) in [5, 5.41) is 3.88. The number of halogens is 2. The number of hydrogen-bond donors (Lipinski definition) is 1. The number of nitrogens with two attached hydrogens (primary N) is 1. The number of hydrogen-bond acceptors (Lipinski definition) is 4. The van der Waals surface area contributed by atoms with Gasteiger partial charge in [0.15, 0.2) is 0 Å². The van der Waals surface area contributed by atoms with Gasteiger partial charge in [0, 0.05) is 16.8 Å². The summed E-state index contributed by atoms with van der Waals surface area (Å²) in [5.41, 5.74) is 7.61. The normalized spacial score (nSPS) is 10.7. The standard InChI is InChI=1S/C14H9BrFN3O/c15-10-6-5-8(7-11(10)16)14-18-13(19-20-14)9-3-1-2-4-12(9)17/h1-7H,17H2. The van der Waals surface area contributed by atoms with Crippen molar-refractivity contribution in [3.63, 3.8) is 0 Å². The molecule has 20 heavy (non-hydrogen) atoms. The molecule has 0 aliphatic heterocycles. The highest BCUT2D eigenvalue weighted by atomic mass is 79.9. The smallest absolute Gasteiger partial charge is 0.258 e. The summed E-state index contributed by atoms with van der Waals surface area (Å²) in [6, 6.07) is 11.8. The van der Waals surface area contributed by atoms with Crippen LogP contribution in [0.25, 0.3) is 22.8 Å². The molecule has 2 aromatic carbocycles. The second-order valence-electron chi connectivity index (χ2n) is 4.14. The van der Waals surface area contributed by atoms with E-state index in [9.17, 15) is 4.39 Å². The molecule has 0 aliphatic rings. The zero-order chi connectivity index (χ0) is 14.1. The molecule has 6 heteroatoms. The highest BCUT2D eigenvalue weighted by Gasteiger charge is 2.13. The molecule has 100 valence electrons. The van der Waals surface area contributed by atoms with Crippen molar-refractivity contribution in [3.05, 3.63) is 52.8 Å². The molecule has 0 saturated carbocycles. The minimum atomic E-state index is -0.388. The van der Waals surface area contributed by atoms with E-state index < -0.39 is 0 Å². The Labute approximate surface area is 122 Å². The molecule has 0 spiro atoms. The van der Waals surface area contributed by atoms with E-state index in [1.54, 1.807) is 24.3 Å². The molecular weight excluding hydrogens is 325 g/mol. The number of nitrogens with zero attached hydrogens (tertiary/aromatic N) is 2. The van der Waals surface area contributed by atoms with E-state index in [1.807, 2.05) is 12.1 Å². The third-order valence-electron chi connectivity index (χ3n) is 2.79. The molecule has 2 N–H and O–H groups in total. The molecule has 4 nitrogen and oxygen atoms in total. The van der Waals surface area contributed by atoms with Crippen molar-refractivity contribution in [2.45, 2.75) is 0 Å². The molecule has 0 fully saturated rings.